The second-order valence-corrected chi connectivity index (χ2v) is 9.86. The average molecular weight is 455 g/mol. The lowest BCUT2D eigenvalue weighted by Crippen LogP contribution is -2.35. The van der Waals surface area contributed by atoms with Crippen molar-refractivity contribution in [3.05, 3.63) is 72.1 Å². The third kappa shape index (κ3) is 5.01. The first-order valence-electron chi connectivity index (χ1n) is 13.0. The highest BCUT2D eigenvalue weighted by atomic mass is 15.0. The van der Waals surface area contributed by atoms with Crippen molar-refractivity contribution in [2.75, 3.05) is 23.7 Å². The van der Waals surface area contributed by atoms with Crippen LogP contribution in [0.1, 0.15) is 49.7 Å². The second kappa shape index (κ2) is 10.4. The Morgan fingerprint density at radius 3 is 1.53 bits per heavy atom. The third-order valence-corrected chi connectivity index (χ3v) is 7.13. The molecule has 2 aromatic carbocycles. The van der Waals surface area contributed by atoms with E-state index in [1.54, 1.807) is 0 Å². The number of anilines is 2. The van der Waals surface area contributed by atoms with E-state index >= 15 is 0 Å². The number of aryl methyl sites for hydroxylation is 4. The summed E-state index contributed by atoms with van der Waals surface area (Å²) < 4.78 is 4.87. The molecule has 2 aromatic heterocycles. The summed E-state index contributed by atoms with van der Waals surface area (Å²) in [4.78, 5) is 0. The molecule has 0 unspecified atom stereocenters. The Labute approximate surface area is 203 Å². The van der Waals surface area contributed by atoms with E-state index in [-0.39, 0.29) is 0 Å². The van der Waals surface area contributed by atoms with E-state index in [0.717, 1.165) is 26.2 Å². The minimum Gasteiger partial charge on any atom is -0.384 e. The maximum Gasteiger partial charge on any atom is 0.214 e. The average Bonchev–Trinajstić information content (AvgIpc) is 2.84. The molecule has 2 N–H and O–H groups in total. The lowest BCUT2D eigenvalue weighted by Gasteiger charge is -2.12. The minimum absolute atomic E-state index is 1.01. The van der Waals surface area contributed by atoms with Crippen LogP contribution in [0.4, 0.5) is 11.4 Å². The number of rotatable bonds is 0. The fraction of sp³-hybridized carbons (Fsp3) is 0.400. The van der Waals surface area contributed by atoms with Gasteiger partial charge in [-0.05, 0) is 62.8 Å². The molecule has 2 aliphatic heterocycles. The molecule has 4 heteroatoms. The highest BCUT2D eigenvalue weighted by molar-refractivity contribution is 5.90. The van der Waals surface area contributed by atoms with E-state index in [9.17, 15) is 0 Å². The maximum atomic E-state index is 3.72. The SMILES string of the molecule is Cc1ccc2c(c1)c1cc[n+]2CCCCC[n+]2ccc(c3cc(C)ccc32)NCCCCCN1. The molecule has 0 atom stereocenters. The molecular formula is C30H38N4+2. The molecule has 4 bridgehead atoms. The highest BCUT2D eigenvalue weighted by Crippen LogP contribution is 2.24. The molecule has 0 saturated carbocycles. The molecule has 34 heavy (non-hydrogen) atoms. The number of hydrogen-bond acceptors (Lipinski definition) is 2. The first kappa shape index (κ1) is 22.6. The first-order chi connectivity index (χ1) is 16.7. The smallest absolute Gasteiger partial charge is 0.214 e. The largest absolute Gasteiger partial charge is 0.384 e. The van der Waals surface area contributed by atoms with E-state index in [1.807, 2.05) is 0 Å². The van der Waals surface area contributed by atoms with Gasteiger partial charge in [-0.2, -0.15) is 9.13 Å². The number of fused-ring (bicyclic) bond motifs is 12. The van der Waals surface area contributed by atoms with Crippen molar-refractivity contribution in [3.63, 3.8) is 0 Å². The Bertz CT molecular complexity index is 1190. The number of hydrogen-bond donors (Lipinski definition) is 2. The minimum atomic E-state index is 1.01. The normalized spacial score (nSPS) is 15.8. The van der Waals surface area contributed by atoms with Gasteiger partial charge < -0.3 is 10.6 Å². The fourth-order valence-corrected chi connectivity index (χ4v) is 5.21. The van der Waals surface area contributed by atoms with Crippen LogP contribution >= 0.6 is 0 Å². The topological polar surface area (TPSA) is 31.8 Å². The van der Waals surface area contributed by atoms with Crippen LogP contribution in [0.25, 0.3) is 21.8 Å². The molecule has 0 aliphatic carbocycles. The summed E-state index contributed by atoms with van der Waals surface area (Å²) in [6.07, 6.45) is 11.7. The summed E-state index contributed by atoms with van der Waals surface area (Å²) >= 11 is 0. The summed E-state index contributed by atoms with van der Waals surface area (Å²) in [5, 5.41) is 10.1. The molecule has 2 aliphatic rings. The molecule has 0 radical (unpaired) electrons. The summed E-state index contributed by atoms with van der Waals surface area (Å²) in [7, 11) is 0. The van der Waals surface area contributed by atoms with Gasteiger partial charge >= 0.3 is 0 Å². The van der Waals surface area contributed by atoms with Crippen molar-refractivity contribution < 1.29 is 9.13 Å². The van der Waals surface area contributed by atoms with E-state index in [2.05, 4.69) is 94.5 Å². The molecule has 0 spiro atoms. The number of aromatic nitrogens is 2. The van der Waals surface area contributed by atoms with Crippen LogP contribution < -0.4 is 19.8 Å². The zero-order chi connectivity index (χ0) is 23.3. The number of nitrogens with zero attached hydrogens (tertiary/aromatic N) is 2. The zero-order valence-electron chi connectivity index (χ0n) is 20.7. The van der Waals surface area contributed by atoms with Crippen LogP contribution in [0.5, 0.6) is 0 Å². The first-order valence-corrected chi connectivity index (χ1v) is 13.0. The Morgan fingerprint density at radius 1 is 0.559 bits per heavy atom. The number of pyridine rings is 2. The van der Waals surface area contributed by atoms with Crippen LogP contribution in [-0.4, -0.2) is 13.1 Å². The quantitative estimate of drug-likeness (QED) is 0.316. The fourth-order valence-electron chi connectivity index (χ4n) is 5.21. The van der Waals surface area contributed by atoms with Gasteiger partial charge in [0.15, 0.2) is 12.4 Å². The molecule has 4 aromatic rings. The Balaban J connectivity index is 1.40. The van der Waals surface area contributed by atoms with Crippen LogP contribution in [0, 0.1) is 13.8 Å². The van der Waals surface area contributed by atoms with Crippen LogP contribution in [-0.2, 0) is 13.1 Å². The Hall–Kier alpha value is -3.14. The van der Waals surface area contributed by atoms with E-state index in [0.29, 0.717) is 0 Å². The van der Waals surface area contributed by atoms with E-state index in [1.165, 1.54) is 82.8 Å². The molecule has 176 valence electrons. The number of benzene rings is 2. The van der Waals surface area contributed by atoms with Crippen molar-refractivity contribution in [1.29, 1.82) is 0 Å². The van der Waals surface area contributed by atoms with Crippen molar-refractivity contribution in [2.45, 2.75) is 65.5 Å². The molecule has 4 nitrogen and oxygen atoms in total. The van der Waals surface area contributed by atoms with Crippen LogP contribution in [0.2, 0.25) is 0 Å². The van der Waals surface area contributed by atoms with Gasteiger partial charge in [-0.1, -0.05) is 12.1 Å². The third-order valence-electron chi connectivity index (χ3n) is 7.13. The molecule has 0 amide bonds. The van der Waals surface area contributed by atoms with Crippen molar-refractivity contribution in [2.24, 2.45) is 0 Å². The van der Waals surface area contributed by atoms with Gasteiger partial charge in [0.05, 0.1) is 22.1 Å². The monoisotopic (exact) mass is 454 g/mol. The summed E-state index contributed by atoms with van der Waals surface area (Å²) in [6, 6.07) is 18.3. The van der Waals surface area contributed by atoms with Gasteiger partial charge in [-0.25, -0.2) is 0 Å². The zero-order valence-corrected chi connectivity index (χ0v) is 20.7. The summed E-state index contributed by atoms with van der Waals surface area (Å²) in [6.45, 7) is 8.53. The van der Waals surface area contributed by atoms with E-state index in [4.69, 9.17) is 0 Å². The second-order valence-electron chi connectivity index (χ2n) is 9.86. The Morgan fingerprint density at radius 2 is 1.03 bits per heavy atom. The molecular weight excluding hydrogens is 416 g/mol. The van der Waals surface area contributed by atoms with Crippen LogP contribution in [0.3, 0.4) is 0 Å². The lowest BCUT2D eigenvalue weighted by atomic mass is 10.1. The van der Waals surface area contributed by atoms with E-state index < -0.39 is 0 Å². The standard InChI is InChI=1S/C30H36N4/c1-23-9-11-29-25(21-23)27-13-19-33(29)17-7-4-8-18-34-20-14-28(32-16-6-3-5-15-31-27)26-22-24(2)10-12-30(26)34/h9-14,19-22H,3-8,15-18H2,1-2H3/p+2. The predicted molar refractivity (Wildman–Crippen MR) is 142 cm³/mol. The lowest BCUT2D eigenvalue weighted by molar-refractivity contribution is -0.675. The van der Waals surface area contributed by atoms with Crippen molar-refractivity contribution in [3.8, 4) is 0 Å². The van der Waals surface area contributed by atoms with Crippen molar-refractivity contribution >= 4 is 33.2 Å². The van der Waals surface area contributed by atoms with Gasteiger partial charge in [0, 0.05) is 50.2 Å². The molecule has 4 heterocycles. The van der Waals surface area contributed by atoms with Gasteiger partial charge in [0.1, 0.15) is 13.1 Å². The van der Waals surface area contributed by atoms with Crippen molar-refractivity contribution in [1.82, 2.24) is 0 Å². The maximum absolute atomic E-state index is 3.72. The highest BCUT2D eigenvalue weighted by Gasteiger charge is 2.15. The Kier molecular flexibility index (Phi) is 6.94. The number of nitrogens with one attached hydrogen (secondary N) is 2. The molecule has 0 fully saturated rings. The summed E-state index contributed by atoms with van der Waals surface area (Å²) in [5.74, 6) is 0. The molecule has 6 rings (SSSR count). The van der Waals surface area contributed by atoms with Gasteiger partial charge in [-0.3, -0.25) is 0 Å². The van der Waals surface area contributed by atoms with Crippen LogP contribution in [0.15, 0.2) is 60.9 Å². The predicted octanol–water partition coefficient (Wildman–Crippen LogP) is 6.06. The van der Waals surface area contributed by atoms with Gasteiger partial charge in [0.25, 0.3) is 0 Å². The van der Waals surface area contributed by atoms with Gasteiger partial charge in [0.2, 0.25) is 11.0 Å². The summed E-state index contributed by atoms with van der Waals surface area (Å²) in [5.41, 5.74) is 7.83. The van der Waals surface area contributed by atoms with Gasteiger partial charge in [-0.15, -0.1) is 0 Å². The molecule has 0 saturated heterocycles.